The fourth-order valence-corrected chi connectivity index (χ4v) is 2.96. The van der Waals surface area contributed by atoms with Crippen LogP contribution in [0.25, 0.3) is 10.9 Å². The summed E-state index contributed by atoms with van der Waals surface area (Å²) >= 11 is 7.74. The summed E-state index contributed by atoms with van der Waals surface area (Å²) in [5, 5.41) is 15.7. The smallest absolute Gasteiger partial charge is 0.100 e. The molecule has 3 aromatic rings. The van der Waals surface area contributed by atoms with E-state index in [4.69, 9.17) is 16.9 Å². The third kappa shape index (κ3) is 2.46. The van der Waals surface area contributed by atoms with Crippen LogP contribution < -0.4 is 5.32 Å². The first-order valence-electron chi connectivity index (χ1n) is 6.02. The Kier molecular flexibility index (Phi) is 3.55. The standard InChI is InChI=1S/C15H10ClN3S/c16-13-3-4-14(15-12(13)2-1-5-18-15)19-8-11-6-10(7-17)9-20-11/h1-6,9,19H,8H2. The van der Waals surface area contributed by atoms with Gasteiger partial charge in [-0.2, -0.15) is 5.26 Å². The normalized spacial score (nSPS) is 10.4. The van der Waals surface area contributed by atoms with E-state index in [1.165, 1.54) is 0 Å². The highest BCUT2D eigenvalue weighted by molar-refractivity contribution is 7.10. The number of fused-ring (bicyclic) bond motifs is 1. The van der Waals surface area contributed by atoms with E-state index in [0.29, 0.717) is 17.1 Å². The van der Waals surface area contributed by atoms with Crippen LogP contribution in [0.15, 0.2) is 41.9 Å². The van der Waals surface area contributed by atoms with Gasteiger partial charge in [0.05, 0.1) is 21.8 Å². The van der Waals surface area contributed by atoms with Crippen molar-refractivity contribution in [2.75, 3.05) is 5.32 Å². The number of hydrogen-bond donors (Lipinski definition) is 1. The minimum absolute atomic E-state index is 0.666. The second-order valence-electron chi connectivity index (χ2n) is 4.26. The molecular formula is C15H10ClN3S. The molecule has 0 aliphatic carbocycles. The quantitative estimate of drug-likeness (QED) is 0.778. The number of thiophene rings is 1. The number of nitrogens with zero attached hydrogens (tertiary/aromatic N) is 2. The van der Waals surface area contributed by atoms with E-state index in [-0.39, 0.29) is 0 Å². The Morgan fingerprint density at radius 1 is 1.35 bits per heavy atom. The SMILES string of the molecule is N#Cc1csc(CNc2ccc(Cl)c3cccnc23)c1. The number of pyridine rings is 1. The topological polar surface area (TPSA) is 48.7 Å². The molecule has 0 amide bonds. The van der Waals surface area contributed by atoms with Crippen molar-refractivity contribution in [3.8, 4) is 6.07 Å². The van der Waals surface area contributed by atoms with Crippen molar-refractivity contribution in [2.45, 2.75) is 6.54 Å². The van der Waals surface area contributed by atoms with Crippen LogP contribution in [-0.4, -0.2) is 4.98 Å². The lowest BCUT2D eigenvalue weighted by Gasteiger charge is -2.09. The van der Waals surface area contributed by atoms with E-state index in [9.17, 15) is 0 Å². The molecule has 0 unspecified atom stereocenters. The lowest BCUT2D eigenvalue weighted by molar-refractivity contribution is 1.19. The molecule has 0 aliphatic rings. The van der Waals surface area contributed by atoms with Gasteiger partial charge < -0.3 is 5.32 Å². The van der Waals surface area contributed by atoms with Crippen molar-refractivity contribution in [2.24, 2.45) is 0 Å². The number of rotatable bonds is 3. The van der Waals surface area contributed by atoms with Crippen LogP contribution in [0, 0.1) is 11.3 Å². The molecule has 0 atom stereocenters. The van der Waals surface area contributed by atoms with Gasteiger partial charge in [-0.3, -0.25) is 4.98 Å². The zero-order valence-corrected chi connectivity index (χ0v) is 12.0. The van der Waals surface area contributed by atoms with Crippen molar-refractivity contribution < 1.29 is 0 Å². The fraction of sp³-hybridized carbons (Fsp3) is 0.0667. The van der Waals surface area contributed by atoms with Gasteiger partial charge in [0.1, 0.15) is 6.07 Å². The monoisotopic (exact) mass is 299 g/mol. The summed E-state index contributed by atoms with van der Waals surface area (Å²) in [7, 11) is 0. The highest BCUT2D eigenvalue weighted by Crippen LogP contribution is 2.28. The maximum atomic E-state index is 8.82. The predicted molar refractivity (Wildman–Crippen MR) is 83.1 cm³/mol. The van der Waals surface area contributed by atoms with E-state index in [0.717, 1.165) is 21.5 Å². The van der Waals surface area contributed by atoms with Crippen LogP contribution >= 0.6 is 22.9 Å². The highest BCUT2D eigenvalue weighted by Gasteiger charge is 2.06. The van der Waals surface area contributed by atoms with Crippen molar-refractivity contribution in [1.29, 1.82) is 5.26 Å². The molecule has 98 valence electrons. The van der Waals surface area contributed by atoms with Gasteiger partial charge in [0.2, 0.25) is 0 Å². The Morgan fingerprint density at radius 3 is 3.05 bits per heavy atom. The van der Waals surface area contributed by atoms with Crippen molar-refractivity contribution in [3.05, 3.63) is 57.4 Å². The molecule has 1 N–H and O–H groups in total. The molecule has 1 aromatic carbocycles. The Balaban J connectivity index is 1.88. The number of halogens is 1. The van der Waals surface area contributed by atoms with Gasteiger partial charge in [0.25, 0.3) is 0 Å². The number of anilines is 1. The van der Waals surface area contributed by atoms with E-state index in [1.54, 1.807) is 17.5 Å². The number of hydrogen-bond acceptors (Lipinski definition) is 4. The van der Waals surface area contributed by atoms with Crippen molar-refractivity contribution in [3.63, 3.8) is 0 Å². The molecule has 0 saturated carbocycles. The predicted octanol–water partition coefficient (Wildman–Crippen LogP) is 4.43. The van der Waals surface area contributed by atoms with Crippen LogP contribution in [0.2, 0.25) is 5.02 Å². The Labute approximate surface area is 125 Å². The first kappa shape index (κ1) is 12.9. The van der Waals surface area contributed by atoms with Gasteiger partial charge in [0.15, 0.2) is 0 Å². The van der Waals surface area contributed by atoms with E-state index in [1.807, 2.05) is 35.7 Å². The fourth-order valence-electron chi connectivity index (χ4n) is 1.99. The average molecular weight is 300 g/mol. The van der Waals surface area contributed by atoms with E-state index in [2.05, 4.69) is 16.4 Å². The Hall–Kier alpha value is -2.09. The zero-order valence-electron chi connectivity index (χ0n) is 10.4. The summed E-state index contributed by atoms with van der Waals surface area (Å²) in [6.07, 6.45) is 1.75. The molecule has 5 heteroatoms. The number of nitrogens with one attached hydrogen (secondary N) is 1. The Morgan fingerprint density at radius 2 is 2.25 bits per heavy atom. The summed E-state index contributed by atoms with van der Waals surface area (Å²) in [5.74, 6) is 0. The molecule has 3 nitrogen and oxygen atoms in total. The van der Waals surface area contributed by atoms with Crippen molar-refractivity contribution in [1.82, 2.24) is 4.98 Å². The molecule has 0 radical (unpaired) electrons. The summed E-state index contributed by atoms with van der Waals surface area (Å²) < 4.78 is 0. The molecule has 0 bridgehead atoms. The van der Waals surface area contributed by atoms with Crippen LogP contribution in [0.5, 0.6) is 0 Å². The Bertz CT molecular complexity index is 804. The third-order valence-corrected chi connectivity index (χ3v) is 4.22. The van der Waals surface area contributed by atoms with Gasteiger partial charge >= 0.3 is 0 Å². The minimum atomic E-state index is 0.666. The number of nitriles is 1. The zero-order chi connectivity index (χ0) is 13.9. The summed E-state index contributed by atoms with van der Waals surface area (Å²) in [6, 6.07) is 11.6. The maximum Gasteiger partial charge on any atom is 0.100 e. The van der Waals surface area contributed by atoms with Crippen molar-refractivity contribution >= 4 is 39.5 Å². The molecule has 0 spiro atoms. The first-order chi connectivity index (χ1) is 9.78. The van der Waals surface area contributed by atoms with Crippen LogP contribution in [0.4, 0.5) is 5.69 Å². The molecule has 2 heterocycles. The minimum Gasteiger partial charge on any atom is -0.378 e. The second kappa shape index (κ2) is 5.49. The number of aromatic nitrogens is 1. The largest absolute Gasteiger partial charge is 0.378 e. The van der Waals surface area contributed by atoms with Gasteiger partial charge in [-0.15, -0.1) is 11.3 Å². The first-order valence-corrected chi connectivity index (χ1v) is 7.28. The third-order valence-electron chi connectivity index (χ3n) is 2.95. The van der Waals surface area contributed by atoms with Gasteiger partial charge in [-0.1, -0.05) is 11.6 Å². The second-order valence-corrected chi connectivity index (χ2v) is 5.66. The van der Waals surface area contributed by atoms with Gasteiger partial charge in [0, 0.05) is 28.4 Å². The van der Waals surface area contributed by atoms with Gasteiger partial charge in [-0.25, -0.2) is 0 Å². The molecular weight excluding hydrogens is 290 g/mol. The molecule has 20 heavy (non-hydrogen) atoms. The number of benzene rings is 1. The summed E-state index contributed by atoms with van der Waals surface area (Å²) in [4.78, 5) is 5.49. The highest BCUT2D eigenvalue weighted by atomic mass is 35.5. The lowest BCUT2D eigenvalue weighted by atomic mass is 10.2. The van der Waals surface area contributed by atoms with Crippen LogP contribution in [0.3, 0.4) is 0 Å². The van der Waals surface area contributed by atoms with Crippen LogP contribution in [-0.2, 0) is 6.54 Å². The molecule has 0 fully saturated rings. The summed E-state index contributed by atoms with van der Waals surface area (Å²) in [5.41, 5.74) is 2.50. The average Bonchev–Trinajstić information content (AvgIpc) is 2.95. The summed E-state index contributed by atoms with van der Waals surface area (Å²) in [6.45, 7) is 0.666. The van der Waals surface area contributed by atoms with Gasteiger partial charge in [-0.05, 0) is 30.3 Å². The van der Waals surface area contributed by atoms with Crippen LogP contribution in [0.1, 0.15) is 10.4 Å². The molecule has 3 rings (SSSR count). The maximum absolute atomic E-state index is 8.82. The van der Waals surface area contributed by atoms with E-state index < -0.39 is 0 Å². The molecule has 0 aliphatic heterocycles. The molecule has 2 aromatic heterocycles. The van der Waals surface area contributed by atoms with E-state index >= 15 is 0 Å². The molecule has 0 saturated heterocycles. The lowest BCUT2D eigenvalue weighted by Crippen LogP contribution is -1.99.